The van der Waals surface area contributed by atoms with Gasteiger partial charge >= 0.3 is 0 Å². The van der Waals surface area contributed by atoms with Crippen LogP contribution in [0.5, 0.6) is 0 Å². The van der Waals surface area contributed by atoms with Crippen molar-refractivity contribution in [3.63, 3.8) is 0 Å². The predicted octanol–water partition coefficient (Wildman–Crippen LogP) is 1.77. The Morgan fingerprint density at radius 3 is 2.95 bits per heavy atom. The van der Waals surface area contributed by atoms with Gasteiger partial charge in [-0.05, 0) is 35.7 Å². The molecule has 0 bridgehead atoms. The minimum Gasteiger partial charge on any atom is -0.409 e. The molecular formula is C15H18N4O. The maximum absolute atomic E-state index is 8.68. The predicted molar refractivity (Wildman–Crippen MR) is 78.5 cm³/mol. The third kappa shape index (κ3) is 3.55. The van der Waals surface area contributed by atoms with E-state index in [2.05, 4.69) is 15.5 Å². The van der Waals surface area contributed by atoms with E-state index in [1.165, 1.54) is 11.1 Å². The molecular weight excluding hydrogens is 252 g/mol. The highest BCUT2D eigenvalue weighted by atomic mass is 16.4. The van der Waals surface area contributed by atoms with Gasteiger partial charge in [0.1, 0.15) is 0 Å². The van der Waals surface area contributed by atoms with Crippen LogP contribution in [0.4, 0.5) is 0 Å². The summed E-state index contributed by atoms with van der Waals surface area (Å²) in [5.74, 6) is 0.122. The van der Waals surface area contributed by atoms with E-state index in [1.807, 2.05) is 43.5 Å². The highest BCUT2D eigenvalue weighted by molar-refractivity contribution is 5.97. The average Bonchev–Trinajstić information content (AvgIpc) is 2.49. The van der Waals surface area contributed by atoms with Crippen LogP contribution in [0.15, 0.2) is 47.9 Å². The van der Waals surface area contributed by atoms with Crippen molar-refractivity contribution in [2.75, 3.05) is 0 Å². The molecule has 5 heteroatoms. The Labute approximate surface area is 118 Å². The molecule has 1 aromatic carbocycles. The first kappa shape index (κ1) is 14.0. The number of hydrogen-bond acceptors (Lipinski definition) is 4. The SMILES string of the molecule is Cc1cnccc1CNCc1cccc(/C(N)=N/O)c1. The largest absolute Gasteiger partial charge is 0.409 e. The quantitative estimate of drug-likeness (QED) is 0.335. The van der Waals surface area contributed by atoms with Crippen molar-refractivity contribution < 1.29 is 5.21 Å². The summed E-state index contributed by atoms with van der Waals surface area (Å²) in [6.07, 6.45) is 3.65. The lowest BCUT2D eigenvalue weighted by Gasteiger charge is -2.08. The van der Waals surface area contributed by atoms with Crippen LogP contribution in [0.3, 0.4) is 0 Å². The molecule has 2 aromatic rings. The van der Waals surface area contributed by atoms with Crippen molar-refractivity contribution in [3.05, 3.63) is 65.0 Å². The molecule has 0 aliphatic carbocycles. The van der Waals surface area contributed by atoms with Crippen molar-refractivity contribution in [2.45, 2.75) is 20.0 Å². The Kier molecular flexibility index (Phi) is 4.68. The highest BCUT2D eigenvalue weighted by Crippen LogP contribution is 2.07. The molecule has 0 saturated heterocycles. The Morgan fingerprint density at radius 2 is 2.20 bits per heavy atom. The monoisotopic (exact) mass is 270 g/mol. The molecule has 2 rings (SSSR count). The third-order valence-electron chi connectivity index (χ3n) is 3.11. The van der Waals surface area contributed by atoms with Crippen LogP contribution in [-0.2, 0) is 13.1 Å². The summed E-state index contributed by atoms with van der Waals surface area (Å²) in [6.45, 7) is 3.54. The number of amidine groups is 1. The lowest BCUT2D eigenvalue weighted by molar-refractivity contribution is 0.318. The standard InChI is InChI=1S/C15H18N4O/c1-11-8-17-6-5-14(11)10-18-9-12-3-2-4-13(7-12)15(16)19-20/h2-8,18,20H,9-10H2,1H3,(H2,16,19). The molecule has 20 heavy (non-hydrogen) atoms. The van der Waals surface area contributed by atoms with Gasteiger partial charge in [-0.2, -0.15) is 0 Å². The van der Waals surface area contributed by atoms with E-state index in [0.717, 1.165) is 12.1 Å². The van der Waals surface area contributed by atoms with Gasteiger partial charge in [0.15, 0.2) is 5.84 Å². The normalized spacial score (nSPS) is 11.6. The van der Waals surface area contributed by atoms with Gasteiger partial charge < -0.3 is 16.3 Å². The van der Waals surface area contributed by atoms with E-state index in [1.54, 1.807) is 6.20 Å². The molecule has 0 spiro atoms. The van der Waals surface area contributed by atoms with Gasteiger partial charge in [0.25, 0.3) is 0 Å². The van der Waals surface area contributed by atoms with E-state index in [-0.39, 0.29) is 5.84 Å². The summed E-state index contributed by atoms with van der Waals surface area (Å²) < 4.78 is 0. The molecule has 1 aromatic heterocycles. The minimum atomic E-state index is 0.122. The highest BCUT2D eigenvalue weighted by Gasteiger charge is 2.01. The maximum atomic E-state index is 8.68. The van der Waals surface area contributed by atoms with Gasteiger partial charge in [-0.3, -0.25) is 4.98 Å². The first-order valence-electron chi connectivity index (χ1n) is 6.37. The minimum absolute atomic E-state index is 0.122. The molecule has 0 fully saturated rings. The Morgan fingerprint density at radius 1 is 1.35 bits per heavy atom. The summed E-state index contributed by atoms with van der Waals surface area (Å²) >= 11 is 0. The lowest BCUT2D eigenvalue weighted by atomic mass is 10.1. The smallest absolute Gasteiger partial charge is 0.170 e. The van der Waals surface area contributed by atoms with Gasteiger partial charge in [0.2, 0.25) is 0 Å². The van der Waals surface area contributed by atoms with Crippen LogP contribution in [-0.4, -0.2) is 16.0 Å². The molecule has 0 aliphatic heterocycles. The lowest BCUT2D eigenvalue weighted by Crippen LogP contribution is -2.16. The zero-order valence-electron chi connectivity index (χ0n) is 11.4. The number of nitrogens with two attached hydrogens (primary N) is 1. The molecule has 1 heterocycles. The maximum Gasteiger partial charge on any atom is 0.170 e. The number of pyridine rings is 1. The zero-order chi connectivity index (χ0) is 14.4. The van der Waals surface area contributed by atoms with E-state index < -0.39 is 0 Å². The second kappa shape index (κ2) is 6.68. The van der Waals surface area contributed by atoms with Crippen molar-refractivity contribution in [2.24, 2.45) is 10.9 Å². The number of oxime groups is 1. The summed E-state index contributed by atoms with van der Waals surface area (Å²) in [6, 6.07) is 9.62. The number of rotatable bonds is 5. The van der Waals surface area contributed by atoms with Crippen LogP contribution in [0.1, 0.15) is 22.3 Å². The summed E-state index contributed by atoms with van der Waals surface area (Å²) in [5, 5.41) is 15.1. The molecule has 0 saturated carbocycles. The van der Waals surface area contributed by atoms with E-state index in [9.17, 15) is 0 Å². The molecule has 0 aliphatic rings. The van der Waals surface area contributed by atoms with Gasteiger partial charge in [-0.15, -0.1) is 0 Å². The topological polar surface area (TPSA) is 83.5 Å². The number of nitrogens with one attached hydrogen (secondary N) is 1. The van der Waals surface area contributed by atoms with Crippen molar-refractivity contribution in [1.82, 2.24) is 10.3 Å². The van der Waals surface area contributed by atoms with E-state index in [4.69, 9.17) is 10.9 Å². The Hall–Kier alpha value is -2.40. The number of aromatic nitrogens is 1. The van der Waals surface area contributed by atoms with Gasteiger partial charge in [-0.1, -0.05) is 23.4 Å². The second-order valence-electron chi connectivity index (χ2n) is 4.59. The van der Waals surface area contributed by atoms with Gasteiger partial charge in [0, 0.05) is 31.0 Å². The molecule has 0 unspecified atom stereocenters. The fraction of sp³-hybridized carbons (Fsp3) is 0.200. The molecule has 0 atom stereocenters. The summed E-state index contributed by atoms with van der Waals surface area (Å²) in [5.41, 5.74) is 9.78. The summed E-state index contributed by atoms with van der Waals surface area (Å²) in [4.78, 5) is 4.07. The second-order valence-corrected chi connectivity index (χ2v) is 4.59. The van der Waals surface area contributed by atoms with Crippen LogP contribution >= 0.6 is 0 Å². The van der Waals surface area contributed by atoms with Crippen LogP contribution in [0.25, 0.3) is 0 Å². The van der Waals surface area contributed by atoms with Crippen LogP contribution < -0.4 is 11.1 Å². The number of benzene rings is 1. The molecule has 104 valence electrons. The Bertz CT molecular complexity index is 610. The van der Waals surface area contributed by atoms with Crippen LogP contribution in [0, 0.1) is 6.92 Å². The summed E-state index contributed by atoms with van der Waals surface area (Å²) in [7, 11) is 0. The fourth-order valence-corrected chi connectivity index (χ4v) is 1.94. The molecule has 4 N–H and O–H groups in total. The van der Waals surface area contributed by atoms with E-state index in [0.29, 0.717) is 12.1 Å². The van der Waals surface area contributed by atoms with Crippen LogP contribution in [0.2, 0.25) is 0 Å². The first-order valence-corrected chi connectivity index (χ1v) is 6.37. The van der Waals surface area contributed by atoms with E-state index >= 15 is 0 Å². The molecule has 0 amide bonds. The Balaban J connectivity index is 1.96. The number of hydrogen-bond donors (Lipinski definition) is 3. The fourth-order valence-electron chi connectivity index (χ4n) is 1.94. The van der Waals surface area contributed by atoms with Gasteiger partial charge in [0.05, 0.1) is 0 Å². The van der Waals surface area contributed by atoms with Crippen molar-refractivity contribution in [1.29, 1.82) is 0 Å². The number of nitrogens with zero attached hydrogens (tertiary/aromatic N) is 2. The van der Waals surface area contributed by atoms with Crippen molar-refractivity contribution >= 4 is 5.84 Å². The molecule has 5 nitrogen and oxygen atoms in total. The van der Waals surface area contributed by atoms with Crippen molar-refractivity contribution in [3.8, 4) is 0 Å². The third-order valence-corrected chi connectivity index (χ3v) is 3.11. The average molecular weight is 270 g/mol. The number of aryl methyl sites for hydroxylation is 1. The molecule has 0 radical (unpaired) electrons. The first-order chi connectivity index (χ1) is 9.70. The van der Waals surface area contributed by atoms with Gasteiger partial charge in [-0.25, -0.2) is 0 Å². The zero-order valence-corrected chi connectivity index (χ0v) is 11.4.